The smallest absolute Gasteiger partial charge is 0.650 e. The molecule has 2 heterocycles. The van der Waals surface area contributed by atoms with E-state index in [1.165, 1.54) is 0 Å². The summed E-state index contributed by atoms with van der Waals surface area (Å²) in [5.74, 6) is -0.106. The zero-order chi connectivity index (χ0) is 15.5. The van der Waals surface area contributed by atoms with Crippen molar-refractivity contribution >= 4 is 28.9 Å². The van der Waals surface area contributed by atoms with Gasteiger partial charge in [0, 0.05) is 0 Å². The van der Waals surface area contributed by atoms with Crippen molar-refractivity contribution in [2.75, 3.05) is 6.54 Å². The number of esters is 1. The van der Waals surface area contributed by atoms with Gasteiger partial charge in [-0.15, -0.1) is 6.54 Å². The van der Waals surface area contributed by atoms with Crippen molar-refractivity contribution in [2.24, 2.45) is 0 Å². The van der Waals surface area contributed by atoms with Gasteiger partial charge >= 0.3 is 32.7 Å². The van der Waals surface area contributed by atoms with Crippen LogP contribution >= 0.6 is 11.8 Å². The summed E-state index contributed by atoms with van der Waals surface area (Å²) in [5, 5.41) is 5.75. The molecule has 2 aliphatic heterocycles. The van der Waals surface area contributed by atoms with Crippen molar-refractivity contribution in [1.29, 1.82) is 0 Å². The first kappa shape index (κ1) is 18.6. The van der Waals surface area contributed by atoms with Crippen LogP contribution in [0.3, 0.4) is 0 Å². The van der Waals surface area contributed by atoms with Gasteiger partial charge in [0.05, 0.1) is 5.25 Å². The second-order valence-electron chi connectivity index (χ2n) is 5.22. The number of carbonyl (C=O) groups excluding carboxylic acids is 3. The molecule has 0 saturated carbocycles. The number of imide groups is 1. The van der Waals surface area contributed by atoms with Crippen LogP contribution < -0.4 is 10.1 Å². The second-order valence-corrected chi connectivity index (χ2v) is 6.39. The number of carbonyl (C=O) groups is 3. The van der Waals surface area contributed by atoms with Gasteiger partial charge in [-0.3, -0.25) is 19.7 Å². The fraction of sp³-hybridized carbons (Fsp3) is 0.400. The first-order valence-electron chi connectivity index (χ1n) is 7.10. The Kier molecular flexibility index (Phi) is 6.76. The molecule has 0 aromatic heterocycles. The van der Waals surface area contributed by atoms with Gasteiger partial charge < -0.3 is 10.1 Å². The molecule has 2 saturated heterocycles. The SMILES string of the molecule is O=C1NC(=O)C(Cc2ccc(OC(=O)C3CCC[N-]3)cc2)S1.[Y+3]. The minimum atomic E-state index is -0.391. The van der Waals surface area contributed by atoms with Crippen molar-refractivity contribution in [3.8, 4) is 5.75 Å². The van der Waals surface area contributed by atoms with E-state index in [2.05, 4.69) is 10.6 Å². The number of nitrogens with zero attached hydrogens (tertiary/aromatic N) is 1. The number of rotatable bonds is 4. The Morgan fingerprint density at radius 1 is 1.30 bits per heavy atom. The predicted octanol–water partition coefficient (Wildman–Crippen LogP) is 2.02. The molecule has 2 amide bonds. The fourth-order valence-electron chi connectivity index (χ4n) is 2.43. The Morgan fingerprint density at radius 3 is 2.61 bits per heavy atom. The van der Waals surface area contributed by atoms with Crippen LogP contribution in [-0.4, -0.2) is 35.0 Å². The Bertz CT molecular complexity index is 602. The zero-order valence-electron chi connectivity index (χ0n) is 12.4. The van der Waals surface area contributed by atoms with E-state index in [-0.39, 0.29) is 55.9 Å². The van der Waals surface area contributed by atoms with Crippen LogP contribution in [0.4, 0.5) is 4.79 Å². The number of ether oxygens (including phenoxy) is 1. The Hall–Kier alpha value is -0.756. The molecule has 2 unspecified atom stereocenters. The Labute approximate surface area is 163 Å². The zero-order valence-corrected chi connectivity index (χ0v) is 16.0. The van der Waals surface area contributed by atoms with E-state index >= 15 is 0 Å². The Balaban J connectivity index is 0.00000192. The maximum absolute atomic E-state index is 11.8. The molecule has 2 aliphatic rings. The minimum absolute atomic E-state index is 0. The van der Waals surface area contributed by atoms with Crippen LogP contribution in [-0.2, 0) is 48.7 Å². The van der Waals surface area contributed by atoms with Crippen LogP contribution in [0.5, 0.6) is 5.75 Å². The van der Waals surface area contributed by atoms with Crippen LogP contribution in [0.15, 0.2) is 24.3 Å². The van der Waals surface area contributed by atoms with E-state index < -0.39 is 5.25 Å². The normalized spacial score (nSPS) is 23.3. The molecule has 0 aliphatic carbocycles. The average Bonchev–Trinajstić information content (AvgIpc) is 3.12. The monoisotopic (exact) mass is 408 g/mol. The van der Waals surface area contributed by atoms with Gasteiger partial charge in [-0.05, 0) is 30.2 Å². The summed E-state index contributed by atoms with van der Waals surface area (Å²) in [6, 6.07) is 6.64. The number of nitrogens with one attached hydrogen (secondary N) is 1. The van der Waals surface area contributed by atoms with Crippen molar-refractivity contribution in [3.63, 3.8) is 0 Å². The minimum Gasteiger partial charge on any atom is -0.650 e. The van der Waals surface area contributed by atoms with Gasteiger partial charge in [-0.25, -0.2) is 0 Å². The summed E-state index contributed by atoms with van der Waals surface area (Å²) in [6.45, 7) is 0.721. The van der Waals surface area contributed by atoms with Crippen LogP contribution in [0.1, 0.15) is 18.4 Å². The Morgan fingerprint density at radius 2 is 2.04 bits per heavy atom. The third-order valence-electron chi connectivity index (χ3n) is 3.59. The van der Waals surface area contributed by atoms with E-state index in [9.17, 15) is 14.4 Å². The first-order chi connectivity index (χ1) is 10.6. The topological polar surface area (TPSA) is 86.6 Å². The molecular formula is C15H15N2O4SY+2. The van der Waals surface area contributed by atoms with Crippen LogP contribution in [0.25, 0.3) is 5.32 Å². The fourth-order valence-corrected chi connectivity index (χ4v) is 3.29. The van der Waals surface area contributed by atoms with Gasteiger partial charge in [0.25, 0.3) is 11.2 Å². The first-order valence-corrected chi connectivity index (χ1v) is 7.98. The molecule has 3 rings (SSSR count). The molecule has 1 aromatic rings. The molecule has 6 nitrogen and oxygen atoms in total. The molecular weight excluding hydrogens is 393 g/mol. The maximum atomic E-state index is 11.8. The number of amides is 2. The van der Waals surface area contributed by atoms with Crippen molar-refractivity contribution in [1.82, 2.24) is 5.32 Å². The van der Waals surface area contributed by atoms with Crippen LogP contribution in [0, 0.1) is 0 Å². The summed E-state index contributed by atoms with van der Waals surface area (Å²) >= 11 is 1.00. The summed E-state index contributed by atoms with van der Waals surface area (Å²) in [5.41, 5.74) is 0.910. The molecule has 23 heavy (non-hydrogen) atoms. The molecule has 8 heteroatoms. The standard InChI is InChI=1S/C15H15N2O4S.Y/c18-13-12(22-15(20)17-13)8-9-3-5-10(6-4-9)21-14(19)11-2-1-7-16-11;/h3-6,11-12H,1-2,7-8H2,(H,17,18,20);/q-1;+3. The number of thioether (sulfide) groups is 1. The largest absolute Gasteiger partial charge is 3.00 e. The third kappa shape index (κ3) is 4.86. The van der Waals surface area contributed by atoms with E-state index in [4.69, 9.17) is 4.74 Å². The van der Waals surface area contributed by atoms with Crippen LogP contribution in [0.2, 0.25) is 0 Å². The predicted molar refractivity (Wildman–Crippen MR) is 81.9 cm³/mol. The van der Waals surface area contributed by atoms with Gasteiger partial charge in [-0.2, -0.15) is 0 Å². The number of hydrogen-bond donors (Lipinski definition) is 1. The summed E-state index contributed by atoms with van der Waals surface area (Å²) in [7, 11) is 0. The molecule has 1 aromatic carbocycles. The maximum Gasteiger partial charge on any atom is 3.00 e. The molecule has 0 radical (unpaired) electrons. The summed E-state index contributed by atoms with van der Waals surface area (Å²) < 4.78 is 5.29. The van der Waals surface area contributed by atoms with E-state index in [1.807, 2.05) is 0 Å². The van der Waals surface area contributed by atoms with Gasteiger partial charge in [-0.1, -0.05) is 36.7 Å². The molecule has 0 bridgehead atoms. The van der Waals surface area contributed by atoms with E-state index in [0.717, 1.165) is 36.7 Å². The molecule has 2 atom stereocenters. The quantitative estimate of drug-likeness (QED) is 0.609. The summed E-state index contributed by atoms with van der Waals surface area (Å²) in [6.07, 6.45) is 2.14. The van der Waals surface area contributed by atoms with Crippen molar-refractivity contribution in [3.05, 3.63) is 35.1 Å². The average molecular weight is 408 g/mol. The van der Waals surface area contributed by atoms with Gasteiger partial charge in [0.15, 0.2) is 0 Å². The molecule has 2 fully saturated rings. The third-order valence-corrected chi connectivity index (χ3v) is 4.57. The van der Waals surface area contributed by atoms with Crippen molar-refractivity contribution in [2.45, 2.75) is 30.6 Å². The number of benzene rings is 1. The molecule has 1 N–H and O–H groups in total. The second kappa shape index (κ2) is 8.37. The van der Waals surface area contributed by atoms with E-state index in [0.29, 0.717) is 12.2 Å². The number of hydrogen-bond acceptors (Lipinski definition) is 5. The van der Waals surface area contributed by atoms with E-state index in [1.54, 1.807) is 24.3 Å². The van der Waals surface area contributed by atoms with Gasteiger partial charge in [0.1, 0.15) is 5.75 Å². The summed E-state index contributed by atoms with van der Waals surface area (Å²) in [4.78, 5) is 34.5. The van der Waals surface area contributed by atoms with Gasteiger partial charge in [0.2, 0.25) is 5.91 Å². The molecule has 0 spiro atoms. The van der Waals surface area contributed by atoms with Crippen molar-refractivity contribution < 1.29 is 51.8 Å². The molecule has 116 valence electrons.